The number of nitrogens with zero attached hydrogens (tertiary/aromatic N) is 1. The molecule has 2 aromatic heterocycles. The molecule has 3 heterocycles. The fourth-order valence-corrected chi connectivity index (χ4v) is 4.25. The zero-order valence-electron chi connectivity index (χ0n) is 16.9. The molecule has 8 heteroatoms. The van der Waals surface area contributed by atoms with Gasteiger partial charge in [0.2, 0.25) is 5.78 Å². The standard InChI is InChI=1S/C22H23F3N4O/c1-14-20(17-5-3-4-6-18(17)27-14)21(30)15(2)28-9-11-29(12-10-28)19-8-7-16(13-26-19)22(23,24)25/h3-8,13,15,27H,9-12H2,1-2H3/p+2/t15-/m0/s1. The molecule has 5 nitrogen and oxygen atoms in total. The molecule has 1 aliphatic heterocycles. The van der Waals surface area contributed by atoms with E-state index in [0.717, 1.165) is 47.5 Å². The van der Waals surface area contributed by atoms with E-state index in [4.69, 9.17) is 0 Å². The third kappa shape index (κ3) is 3.79. The van der Waals surface area contributed by atoms with Gasteiger partial charge < -0.3 is 9.88 Å². The minimum atomic E-state index is -4.35. The van der Waals surface area contributed by atoms with Crippen LogP contribution in [0.1, 0.15) is 28.5 Å². The molecule has 0 bridgehead atoms. The average Bonchev–Trinajstić information content (AvgIpc) is 3.08. The number of ketones is 1. The van der Waals surface area contributed by atoms with Crippen LogP contribution in [0, 0.1) is 6.92 Å². The van der Waals surface area contributed by atoms with E-state index in [1.54, 1.807) is 0 Å². The molecular weight excluding hydrogens is 393 g/mol. The van der Waals surface area contributed by atoms with Crippen LogP contribution in [0.2, 0.25) is 0 Å². The Morgan fingerprint density at radius 1 is 1.17 bits per heavy atom. The van der Waals surface area contributed by atoms with Crippen molar-refractivity contribution in [2.45, 2.75) is 26.1 Å². The summed E-state index contributed by atoms with van der Waals surface area (Å²) in [5.41, 5.74) is 1.90. The zero-order chi connectivity index (χ0) is 21.5. The number of para-hydroxylation sites is 1. The summed E-state index contributed by atoms with van der Waals surface area (Å²) in [4.78, 5) is 22.5. The van der Waals surface area contributed by atoms with Gasteiger partial charge in [-0.05, 0) is 26.0 Å². The van der Waals surface area contributed by atoms with Crippen molar-refractivity contribution in [3.8, 4) is 0 Å². The first kappa shape index (κ1) is 20.4. The summed E-state index contributed by atoms with van der Waals surface area (Å²) in [6.45, 7) is 6.70. The maximum Gasteiger partial charge on any atom is 0.419 e. The summed E-state index contributed by atoms with van der Waals surface area (Å²) in [6.07, 6.45) is -3.35. The van der Waals surface area contributed by atoms with Crippen molar-refractivity contribution < 1.29 is 27.8 Å². The summed E-state index contributed by atoms with van der Waals surface area (Å²) in [5.74, 6) is 0.781. The van der Waals surface area contributed by atoms with Gasteiger partial charge in [0.1, 0.15) is 38.4 Å². The Labute approximate surface area is 172 Å². The van der Waals surface area contributed by atoms with Gasteiger partial charge in [-0.2, -0.15) is 13.2 Å². The third-order valence-corrected chi connectivity index (χ3v) is 6.02. The molecule has 3 N–H and O–H groups in total. The van der Waals surface area contributed by atoms with Gasteiger partial charge in [0.05, 0.1) is 11.1 Å². The van der Waals surface area contributed by atoms with Gasteiger partial charge in [0.15, 0.2) is 0 Å². The quantitative estimate of drug-likeness (QED) is 0.639. The number of Topliss-reactive ketones (excluding diaryl/α,β-unsaturated/α-hetero) is 1. The zero-order valence-corrected chi connectivity index (χ0v) is 16.9. The van der Waals surface area contributed by atoms with Crippen molar-refractivity contribution in [1.29, 1.82) is 0 Å². The number of pyridine rings is 1. The van der Waals surface area contributed by atoms with E-state index in [1.807, 2.05) is 43.0 Å². The Morgan fingerprint density at radius 3 is 2.50 bits per heavy atom. The number of carbonyl (C=O) groups excluding carboxylic acids is 1. The number of aromatic amines is 2. The number of piperazine rings is 1. The van der Waals surface area contributed by atoms with Crippen LogP contribution >= 0.6 is 0 Å². The highest BCUT2D eigenvalue weighted by Crippen LogP contribution is 2.28. The number of carbonyl (C=O) groups is 1. The van der Waals surface area contributed by atoms with E-state index < -0.39 is 11.7 Å². The number of anilines is 1. The second kappa shape index (κ2) is 7.75. The van der Waals surface area contributed by atoms with Gasteiger partial charge in [-0.25, -0.2) is 4.98 Å². The Hall–Kier alpha value is -2.87. The number of fused-ring (bicyclic) bond motifs is 1. The van der Waals surface area contributed by atoms with Crippen LogP contribution in [0.5, 0.6) is 0 Å². The highest BCUT2D eigenvalue weighted by atomic mass is 19.4. The molecule has 0 saturated carbocycles. The highest BCUT2D eigenvalue weighted by Gasteiger charge is 2.35. The molecular formula is C22H25F3N4O+2. The minimum absolute atomic E-state index is 0.120. The molecule has 0 unspecified atom stereocenters. The van der Waals surface area contributed by atoms with Crippen molar-refractivity contribution in [1.82, 2.24) is 4.98 Å². The van der Waals surface area contributed by atoms with Gasteiger partial charge in [-0.1, -0.05) is 18.2 Å². The molecule has 158 valence electrons. The maximum absolute atomic E-state index is 13.3. The van der Waals surface area contributed by atoms with Crippen LogP contribution in [-0.4, -0.2) is 43.0 Å². The summed E-state index contributed by atoms with van der Waals surface area (Å²) >= 11 is 0. The Kier molecular flexibility index (Phi) is 5.27. The van der Waals surface area contributed by atoms with Crippen molar-refractivity contribution in [3.05, 3.63) is 59.4 Å². The predicted molar refractivity (Wildman–Crippen MR) is 108 cm³/mol. The summed E-state index contributed by atoms with van der Waals surface area (Å²) in [6, 6.07) is 10.2. The molecule has 3 aromatic rings. The number of rotatable bonds is 4. The highest BCUT2D eigenvalue weighted by molar-refractivity contribution is 6.10. The molecule has 0 radical (unpaired) electrons. The van der Waals surface area contributed by atoms with Crippen LogP contribution in [0.3, 0.4) is 0 Å². The van der Waals surface area contributed by atoms with Crippen molar-refractivity contribution in [2.75, 3.05) is 31.1 Å². The lowest BCUT2D eigenvalue weighted by molar-refractivity contribution is -0.914. The molecule has 1 fully saturated rings. The number of hydrogen-bond donors (Lipinski definition) is 2. The van der Waals surface area contributed by atoms with E-state index in [-0.39, 0.29) is 11.8 Å². The molecule has 0 aliphatic carbocycles. The summed E-state index contributed by atoms with van der Waals surface area (Å²) in [5, 5.41) is 0.948. The fourth-order valence-electron chi connectivity index (χ4n) is 4.25. The van der Waals surface area contributed by atoms with Crippen LogP contribution < -0.4 is 14.8 Å². The van der Waals surface area contributed by atoms with E-state index in [2.05, 4.69) is 9.97 Å². The van der Waals surface area contributed by atoms with Crippen LogP contribution in [0.4, 0.5) is 19.0 Å². The number of hydrogen-bond acceptors (Lipinski definition) is 2. The molecule has 4 rings (SSSR count). The summed E-state index contributed by atoms with van der Waals surface area (Å²) < 4.78 is 38.2. The molecule has 0 amide bonds. The van der Waals surface area contributed by atoms with E-state index in [0.29, 0.717) is 18.9 Å². The lowest BCUT2D eigenvalue weighted by Gasteiger charge is -2.31. The van der Waals surface area contributed by atoms with Crippen LogP contribution in [0.15, 0.2) is 42.6 Å². The first-order valence-electron chi connectivity index (χ1n) is 10.1. The average molecular weight is 418 g/mol. The SMILES string of the molecule is Cc1[nH]c2ccccc2c1C(=O)[C@H](C)[NH+]1CCN(c2ccc(C(F)(F)F)c[nH+]2)CC1. The number of aromatic nitrogens is 2. The topological polar surface area (TPSA) is 54.7 Å². The van der Waals surface area contributed by atoms with E-state index >= 15 is 0 Å². The molecule has 1 atom stereocenters. The lowest BCUT2D eigenvalue weighted by Crippen LogP contribution is -3.18. The van der Waals surface area contributed by atoms with Crippen molar-refractivity contribution in [3.63, 3.8) is 0 Å². The van der Waals surface area contributed by atoms with Crippen LogP contribution in [0.25, 0.3) is 10.9 Å². The molecule has 0 spiro atoms. The first-order chi connectivity index (χ1) is 14.3. The smallest absolute Gasteiger partial charge is 0.358 e. The Morgan fingerprint density at radius 2 is 1.87 bits per heavy atom. The molecule has 1 saturated heterocycles. The van der Waals surface area contributed by atoms with Crippen molar-refractivity contribution >= 4 is 22.5 Å². The van der Waals surface area contributed by atoms with Crippen molar-refractivity contribution in [2.24, 2.45) is 0 Å². The first-order valence-corrected chi connectivity index (χ1v) is 10.1. The largest absolute Gasteiger partial charge is 0.419 e. The second-order valence-electron chi connectivity index (χ2n) is 7.86. The second-order valence-corrected chi connectivity index (χ2v) is 7.86. The lowest BCUT2D eigenvalue weighted by atomic mass is 10.0. The monoisotopic (exact) mass is 418 g/mol. The Balaban J connectivity index is 1.43. The Bertz CT molecular complexity index is 1050. The number of quaternary nitrogens is 1. The van der Waals surface area contributed by atoms with Gasteiger partial charge >= 0.3 is 6.18 Å². The predicted octanol–water partition coefficient (Wildman–Crippen LogP) is 2.29. The number of halogens is 3. The van der Waals surface area contributed by atoms with E-state index in [9.17, 15) is 18.0 Å². The van der Waals surface area contributed by atoms with Gasteiger partial charge in [0, 0.05) is 22.7 Å². The van der Waals surface area contributed by atoms with Gasteiger partial charge in [0.25, 0.3) is 5.82 Å². The third-order valence-electron chi connectivity index (χ3n) is 6.02. The number of nitrogens with one attached hydrogen (secondary N) is 3. The number of alkyl halides is 3. The molecule has 30 heavy (non-hydrogen) atoms. The number of H-pyrrole nitrogens is 2. The fraction of sp³-hybridized carbons (Fsp3) is 0.364. The minimum Gasteiger partial charge on any atom is -0.358 e. The maximum atomic E-state index is 13.3. The van der Waals surface area contributed by atoms with Gasteiger partial charge in [-0.15, -0.1) is 0 Å². The normalized spacial score (nSPS) is 16.8. The summed E-state index contributed by atoms with van der Waals surface area (Å²) in [7, 11) is 0. The van der Waals surface area contributed by atoms with Gasteiger partial charge in [-0.3, -0.25) is 9.69 Å². The van der Waals surface area contributed by atoms with E-state index in [1.165, 1.54) is 11.0 Å². The van der Waals surface area contributed by atoms with Crippen LogP contribution in [-0.2, 0) is 6.18 Å². The molecule has 1 aromatic carbocycles. The number of aryl methyl sites for hydroxylation is 1. The molecule has 1 aliphatic rings. The number of benzene rings is 1.